The molecule has 0 fully saturated rings. The Hall–Kier alpha value is -0.860. The summed E-state index contributed by atoms with van der Waals surface area (Å²) in [5.74, 6) is 0.297. The van der Waals surface area contributed by atoms with E-state index in [9.17, 15) is 0 Å². The summed E-state index contributed by atoms with van der Waals surface area (Å²) in [7, 11) is 0. The van der Waals surface area contributed by atoms with Gasteiger partial charge in [-0.05, 0) is 26.3 Å². The zero-order chi connectivity index (χ0) is 11.3. The van der Waals surface area contributed by atoms with Gasteiger partial charge in [0.25, 0.3) is 0 Å². The molecule has 0 aromatic heterocycles. The molecule has 0 spiro atoms. The molecule has 1 rings (SSSR count). The van der Waals surface area contributed by atoms with Crippen LogP contribution < -0.4 is 5.73 Å². The van der Waals surface area contributed by atoms with E-state index in [1.54, 1.807) is 0 Å². The van der Waals surface area contributed by atoms with Gasteiger partial charge in [-0.2, -0.15) is 0 Å². The lowest BCUT2D eigenvalue weighted by atomic mass is 10.00. The van der Waals surface area contributed by atoms with Crippen molar-refractivity contribution in [3.8, 4) is 0 Å². The van der Waals surface area contributed by atoms with Gasteiger partial charge in [0.15, 0.2) is 0 Å². The zero-order valence-electron chi connectivity index (χ0n) is 9.86. The Morgan fingerprint density at radius 2 is 1.80 bits per heavy atom. The molecule has 1 atom stereocenters. The van der Waals surface area contributed by atoms with E-state index >= 15 is 0 Å². The molecule has 2 nitrogen and oxygen atoms in total. The summed E-state index contributed by atoms with van der Waals surface area (Å²) in [4.78, 5) is 0. The average molecular weight is 207 g/mol. The number of hydrogen-bond acceptors (Lipinski definition) is 2. The molecule has 0 heterocycles. The van der Waals surface area contributed by atoms with Crippen LogP contribution in [0.4, 0.5) is 0 Å². The average Bonchev–Trinajstić information content (AvgIpc) is 2.19. The number of rotatable bonds is 4. The SMILES string of the molecule is CC(C)(C)OCC(CN)c1ccccc1. The van der Waals surface area contributed by atoms with Crippen LogP contribution in [-0.4, -0.2) is 18.8 Å². The highest BCUT2D eigenvalue weighted by Crippen LogP contribution is 2.17. The highest BCUT2D eigenvalue weighted by atomic mass is 16.5. The van der Waals surface area contributed by atoms with Crippen molar-refractivity contribution in [1.29, 1.82) is 0 Å². The monoisotopic (exact) mass is 207 g/mol. The van der Waals surface area contributed by atoms with Crippen LogP contribution in [0.1, 0.15) is 32.3 Å². The largest absolute Gasteiger partial charge is 0.375 e. The Kier molecular flexibility index (Phi) is 4.30. The molecule has 0 aliphatic heterocycles. The molecule has 0 bridgehead atoms. The van der Waals surface area contributed by atoms with Crippen molar-refractivity contribution in [2.75, 3.05) is 13.2 Å². The van der Waals surface area contributed by atoms with Crippen LogP contribution in [0.5, 0.6) is 0 Å². The summed E-state index contributed by atoms with van der Waals surface area (Å²) in [6, 6.07) is 10.3. The third kappa shape index (κ3) is 4.45. The van der Waals surface area contributed by atoms with Crippen LogP contribution in [0.2, 0.25) is 0 Å². The molecule has 1 unspecified atom stereocenters. The van der Waals surface area contributed by atoms with Crippen molar-refractivity contribution in [2.45, 2.75) is 32.3 Å². The van der Waals surface area contributed by atoms with E-state index in [2.05, 4.69) is 32.9 Å². The molecule has 0 aliphatic rings. The van der Waals surface area contributed by atoms with Gasteiger partial charge in [0.2, 0.25) is 0 Å². The molecule has 0 saturated heterocycles. The van der Waals surface area contributed by atoms with E-state index in [0.29, 0.717) is 19.1 Å². The van der Waals surface area contributed by atoms with E-state index in [0.717, 1.165) is 0 Å². The molecular formula is C13H21NO. The predicted octanol–water partition coefficient (Wildman–Crippen LogP) is 2.54. The van der Waals surface area contributed by atoms with Crippen LogP contribution >= 0.6 is 0 Å². The van der Waals surface area contributed by atoms with Gasteiger partial charge in [-0.15, -0.1) is 0 Å². The van der Waals surface area contributed by atoms with Crippen molar-refractivity contribution in [1.82, 2.24) is 0 Å². The first kappa shape index (κ1) is 12.2. The topological polar surface area (TPSA) is 35.2 Å². The standard InChI is InChI=1S/C13H21NO/c1-13(2,3)15-10-12(9-14)11-7-5-4-6-8-11/h4-8,12H,9-10,14H2,1-3H3. The second-order valence-electron chi connectivity index (χ2n) is 4.77. The summed E-state index contributed by atoms with van der Waals surface area (Å²) < 4.78 is 5.76. The molecule has 1 aromatic carbocycles. The zero-order valence-corrected chi connectivity index (χ0v) is 9.86. The van der Waals surface area contributed by atoms with Gasteiger partial charge in [0.1, 0.15) is 0 Å². The lowest BCUT2D eigenvalue weighted by Gasteiger charge is -2.24. The summed E-state index contributed by atoms with van der Waals surface area (Å²) in [5, 5.41) is 0. The quantitative estimate of drug-likeness (QED) is 0.823. The van der Waals surface area contributed by atoms with E-state index < -0.39 is 0 Å². The summed E-state index contributed by atoms with van der Waals surface area (Å²) in [6.07, 6.45) is 0. The predicted molar refractivity (Wildman–Crippen MR) is 63.9 cm³/mol. The molecule has 15 heavy (non-hydrogen) atoms. The maximum atomic E-state index is 5.76. The van der Waals surface area contributed by atoms with Crippen molar-refractivity contribution in [3.63, 3.8) is 0 Å². The Bertz CT molecular complexity index is 276. The van der Waals surface area contributed by atoms with Gasteiger partial charge < -0.3 is 10.5 Å². The van der Waals surface area contributed by atoms with E-state index in [-0.39, 0.29) is 5.60 Å². The fourth-order valence-corrected chi connectivity index (χ4v) is 1.38. The Labute approximate surface area is 92.4 Å². The highest BCUT2D eigenvalue weighted by molar-refractivity contribution is 5.19. The van der Waals surface area contributed by atoms with Crippen molar-refractivity contribution in [2.24, 2.45) is 5.73 Å². The molecule has 84 valence electrons. The van der Waals surface area contributed by atoms with Crippen molar-refractivity contribution >= 4 is 0 Å². The van der Waals surface area contributed by atoms with Crippen molar-refractivity contribution < 1.29 is 4.74 Å². The fourth-order valence-electron chi connectivity index (χ4n) is 1.38. The van der Waals surface area contributed by atoms with Crippen LogP contribution in [0.25, 0.3) is 0 Å². The lowest BCUT2D eigenvalue weighted by molar-refractivity contribution is -0.00984. The van der Waals surface area contributed by atoms with Crippen LogP contribution in [0.15, 0.2) is 30.3 Å². The molecule has 2 N–H and O–H groups in total. The number of hydrogen-bond donors (Lipinski definition) is 1. The number of nitrogens with two attached hydrogens (primary N) is 1. The molecule has 0 radical (unpaired) electrons. The summed E-state index contributed by atoms with van der Waals surface area (Å²) in [5.41, 5.74) is 6.91. The first-order valence-corrected chi connectivity index (χ1v) is 5.42. The highest BCUT2D eigenvalue weighted by Gasteiger charge is 2.15. The molecule has 1 aromatic rings. The van der Waals surface area contributed by atoms with Crippen LogP contribution in [0, 0.1) is 0 Å². The summed E-state index contributed by atoms with van der Waals surface area (Å²) in [6.45, 7) is 7.49. The van der Waals surface area contributed by atoms with Gasteiger partial charge in [-0.25, -0.2) is 0 Å². The second kappa shape index (κ2) is 5.29. The minimum Gasteiger partial charge on any atom is -0.375 e. The molecular weight excluding hydrogens is 186 g/mol. The Morgan fingerprint density at radius 1 is 1.20 bits per heavy atom. The third-order valence-corrected chi connectivity index (χ3v) is 2.27. The maximum Gasteiger partial charge on any atom is 0.0598 e. The first-order valence-electron chi connectivity index (χ1n) is 5.42. The van der Waals surface area contributed by atoms with Crippen molar-refractivity contribution in [3.05, 3.63) is 35.9 Å². The smallest absolute Gasteiger partial charge is 0.0598 e. The second-order valence-corrected chi connectivity index (χ2v) is 4.77. The van der Waals surface area contributed by atoms with Gasteiger partial charge in [-0.3, -0.25) is 0 Å². The number of ether oxygens (including phenoxy) is 1. The number of benzene rings is 1. The third-order valence-electron chi connectivity index (χ3n) is 2.27. The van der Waals surface area contributed by atoms with Gasteiger partial charge in [0.05, 0.1) is 12.2 Å². The Morgan fingerprint density at radius 3 is 2.27 bits per heavy atom. The van der Waals surface area contributed by atoms with Crippen LogP contribution in [-0.2, 0) is 4.74 Å². The lowest BCUT2D eigenvalue weighted by Crippen LogP contribution is -2.26. The van der Waals surface area contributed by atoms with E-state index in [1.807, 2.05) is 18.2 Å². The minimum absolute atomic E-state index is 0.0950. The molecule has 0 amide bonds. The first-order chi connectivity index (χ1) is 7.03. The molecule has 2 heteroatoms. The van der Waals surface area contributed by atoms with E-state index in [4.69, 9.17) is 10.5 Å². The van der Waals surface area contributed by atoms with Gasteiger partial charge >= 0.3 is 0 Å². The normalized spacial score (nSPS) is 13.9. The van der Waals surface area contributed by atoms with Crippen LogP contribution in [0.3, 0.4) is 0 Å². The maximum absolute atomic E-state index is 5.76. The Balaban J connectivity index is 2.58. The molecule has 0 saturated carbocycles. The summed E-state index contributed by atoms with van der Waals surface area (Å²) >= 11 is 0. The molecule has 0 aliphatic carbocycles. The van der Waals surface area contributed by atoms with Gasteiger partial charge in [0, 0.05) is 12.5 Å². The van der Waals surface area contributed by atoms with Gasteiger partial charge in [-0.1, -0.05) is 30.3 Å². The fraction of sp³-hybridized carbons (Fsp3) is 0.538. The minimum atomic E-state index is -0.0950. The van der Waals surface area contributed by atoms with E-state index in [1.165, 1.54) is 5.56 Å².